The van der Waals surface area contributed by atoms with Gasteiger partial charge >= 0.3 is 11.9 Å². The summed E-state index contributed by atoms with van der Waals surface area (Å²) in [4.78, 5) is 20.6. The Labute approximate surface area is 141 Å². The van der Waals surface area contributed by atoms with Crippen molar-refractivity contribution >= 4 is 11.9 Å². The van der Waals surface area contributed by atoms with E-state index in [1.807, 2.05) is 0 Å². The van der Waals surface area contributed by atoms with Crippen LogP contribution in [0.15, 0.2) is 12.2 Å². The summed E-state index contributed by atoms with van der Waals surface area (Å²) in [6, 6.07) is 0. The Bertz CT molecular complexity index is 323. The molecule has 0 spiro atoms. The minimum absolute atomic E-state index is 0.315. The first kappa shape index (κ1) is 21.7. The average molecular weight is 326 g/mol. The largest absolute Gasteiger partial charge is 0.481 e. The third-order valence-corrected chi connectivity index (χ3v) is 4.02. The van der Waals surface area contributed by atoms with Gasteiger partial charge in [-0.2, -0.15) is 0 Å². The van der Waals surface area contributed by atoms with Crippen LogP contribution < -0.4 is 0 Å². The van der Waals surface area contributed by atoms with Crippen LogP contribution in [-0.2, 0) is 9.59 Å². The van der Waals surface area contributed by atoms with Crippen molar-refractivity contribution in [3.05, 3.63) is 12.2 Å². The highest BCUT2D eigenvalue weighted by Crippen LogP contribution is 2.13. The van der Waals surface area contributed by atoms with E-state index in [2.05, 4.69) is 0 Å². The van der Waals surface area contributed by atoms with Crippen LogP contribution in [0.1, 0.15) is 96.3 Å². The van der Waals surface area contributed by atoms with Gasteiger partial charge < -0.3 is 10.2 Å². The lowest BCUT2D eigenvalue weighted by Gasteiger charge is -2.02. The first-order chi connectivity index (χ1) is 11.1. The van der Waals surface area contributed by atoms with E-state index in [0.29, 0.717) is 6.42 Å². The molecule has 23 heavy (non-hydrogen) atoms. The first-order valence-corrected chi connectivity index (χ1v) is 9.24. The van der Waals surface area contributed by atoms with Crippen molar-refractivity contribution in [2.24, 2.45) is 0 Å². The molecule has 0 aliphatic carbocycles. The zero-order valence-corrected chi connectivity index (χ0v) is 14.5. The molecule has 0 saturated carbocycles. The summed E-state index contributed by atoms with van der Waals surface area (Å²) in [6.07, 6.45) is 19.8. The molecule has 0 fully saturated rings. The second kappa shape index (κ2) is 17.0. The van der Waals surface area contributed by atoms with Crippen LogP contribution in [-0.4, -0.2) is 22.2 Å². The Morgan fingerprint density at radius 2 is 1.00 bits per heavy atom. The predicted molar refractivity (Wildman–Crippen MR) is 93.7 cm³/mol. The van der Waals surface area contributed by atoms with Crippen LogP contribution >= 0.6 is 0 Å². The zero-order chi connectivity index (χ0) is 17.2. The fourth-order valence-corrected chi connectivity index (χ4v) is 2.67. The maximum Gasteiger partial charge on any atom is 0.327 e. The molecule has 0 rings (SSSR count). The van der Waals surface area contributed by atoms with E-state index in [0.717, 1.165) is 25.7 Å². The van der Waals surface area contributed by atoms with Gasteiger partial charge in [-0.3, -0.25) is 4.79 Å². The van der Waals surface area contributed by atoms with Crippen LogP contribution in [0, 0.1) is 0 Å². The molecule has 0 aromatic heterocycles. The lowest BCUT2D eigenvalue weighted by Crippen LogP contribution is -1.93. The van der Waals surface area contributed by atoms with Gasteiger partial charge in [0.05, 0.1) is 0 Å². The Morgan fingerprint density at radius 3 is 1.39 bits per heavy atom. The van der Waals surface area contributed by atoms with Gasteiger partial charge in [0.1, 0.15) is 0 Å². The van der Waals surface area contributed by atoms with Crippen molar-refractivity contribution in [1.29, 1.82) is 0 Å². The molecule has 0 aliphatic heterocycles. The number of aliphatic carboxylic acids is 2. The monoisotopic (exact) mass is 326 g/mol. The number of hydrogen-bond acceptors (Lipinski definition) is 2. The Balaban J connectivity index is 3.05. The minimum Gasteiger partial charge on any atom is -0.481 e. The van der Waals surface area contributed by atoms with Crippen molar-refractivity contribution < 1.29 is 19.8 Å². The quantitative estimate of drug-likeness (QED) is 0.271. The maximum absolute atomic E-state index is 10.3. The molecular weight excluding hydrogens is 292 g/mol. The summed E-state index contributed by atoms with van der Waals surface area (Å²) in [7, 11) is 0. The lowest BCUT2D eigenvalue weighted by molar-refractivity contribution is -0.137. The highest BCUT2D eigenvalue weighted by molar-refractivity contribution is 5.79. The fraction of sp³-hybridized carbons (Fsp3) is 0.789. The second-order valence-electron chi connectivity index (χ2n) is 6.27. The standard InChI is InChI=1S/C19H34O4/c20-18(21)16-14-12-10-8-6-4-2-1-3-5-7-9-11-13-15-17-19(22)23/h14,16H,1-13,15,17H2,(H,20,21)(H,22,23). The molecule has 0 atom stereocenters. The third kappa shape index (κ3) is 20.7. The Kier molecular flexibility index (Phi) is 16.1. The summed E-state index contributed by atoms with van der Waals surface area (Å²) in [5.74, 6) is -1.54. The molecule has 0 saturated heterocycles. The molecule has 0 aliphatic rings. The molecule has 0 aromatic carbocycles. The van der Waals surface area contributed by atoms with Crippen LogP contribution in [0.25, 0.3) is 0 Å². The average Bonchev–Trinajstić information content (AvgIpc) is 2.49. The van der Waals surface area contributed by atoms with E-state index >= 15 is 0 Å². The van der Waals surface area contributed by atoms with Crippen molar-refractivity contribution in [3.8, 4) is 0 Å². The Morgan fingerprint density at radius 1 is 0.609 bits per heavy atom. The summed E-state index contributed by atoms with van der Waals surface area (Å²) in [5, 5.41) is 17.0. The summed E-state index contributed by atoms with van der Waals surface area (Å²) >= 11 is 0. The van der Waals surface area contributed by atoms with Gasteiger partial charge in [-0.1, -0.05) is 76.7 Å². The number of carboxylic acids is 2. The molecular formula is C19H34O4. The molecule has 0 bridgehead atoms. The topological polar surface area (TPSA) is 74.6 Å². The van der Waals surface area contributed by atoms with E-state index in [1.165, 1.54) is 70.3 Å². The molecule has 0 radical (unpaired) electrons. The van der Waals surface area contributed by atoms with Gasteiger partial charge in [-0.15, -0.1) is 0 Å². The van der Waals surface area contributed by atoms with Crippen molar-refractivity contribution in [2.45, 2.75) is 96.3 Å². The molecule has 134 valence electrons. The third-order valence-electron chi connectivity index (χ3n) is 4.02. The molecule has 0 amide bonds. The smallest absolute Gasteiger partial charge is 0.327 e. The SMILES string of the molecule is O=C(O)C=CCCCCCCCCCCCCCCCC(=O)O. The predicted octanol–water partition coefficient (Wildman–Crippen LogP) is 5.56. The van der Waals surface area contributed by atoms with Crippen molar-refractivity contribution in [3.63, 3.8) is 0 Å². The van der Waals surface area contributed by atoms with E-state index < -0.39 is 11.9 Å². The summed E-state index contributed by atoms with van der Waals surface area (Å²) in [6.45, 7) is 0. The van der Waals surface area contributed by atoms with Gasteiger partial charge in [0.15, 0.2) is 0 Å². The summed E-state index contributed by atoms with van der Waals surface area (Å²) < 4.78 is 0. The normalized spacial score (nSPS) is 11.1. The van der Waals surface area contributed by atoms with Gasteiger partial charge in [-0.05, 0) is 19.3 Å². The van der Waals surface area contributed by atoms with Gasteiger partial charge in [0.2, 0.25) is 0 Å². The van der Waals surface area contributed by atoms with E-state index in [9.17, 15) is 9.59 Å². The van der Waals surface area contributed by atoms with Gasteiger partial charge in [-0.25, -0.2) is 4.79 Å². The summed E-state index contributed by atoms with van der Waals surface area (Å²) in [5.41, 5.74) is 0. The van der Waals surface area contributed by atoms with Gasteiger partial charge in [0, 0.05) is 12.5 Å². The number of unbranched alkanes of at least 4 members (excludes halogenated alkanes) is 13. The Hall–Kier alpha value is -1.32. The van der Waals surface area contributed by atoms with Crippen LogP contribution in [0.5, 0.6) is 0 Å². The highest BCUT2D eigenvalue weighted by atomic mass is 16.4. The maximum atomic E-state index is 10.3. The van der Waals surface area contributed by atoms with E-state index in [-0.39, 0.29) is 0 Å². The number of rotatable bonds is 17. The fourth-order valence-electron chi connectivity index (χ4n) is 2.67. The highest BCUT2D eigenvalue weighted by Gasteiger charge is 1.97. The molecule has 0 heterocycles. The van der Waals surface area contributed by atoms with Crippen LogP contribution in [0.2, 0.25) is 0 Å². The zero-order valence-electron chi connectivity index (χ0n) is 14.5. The molecule has 4 heteroatoms. The minimum atomic E-state index is -0.856. The number of carbonyl (C=O) groups is 2. The molecule has 2 N–H and O–H groups in total. The number of allylic oxidation sites excluding steroid dienone is 1. The first-order valence-electron chi connectivity index (χ1n) is 9.24. The van der Waals surface area contributed by atoms with Crippen LogP contribution in [0.4, 0.5) is 0 Å². The van der Waals surface area contributed by atoms with Crippen LogP contribution in [0.3, 0.4) is 0 Å². The van der Waals surface area contributed by atoms with E-state index in [1.54, 1.807) is 6.08 Å². The van der Waals surface area contributed by atoms with Crippen molar-refractivity contribution in [1.82, 2.24) is 0 Å². The molecule has 4 nitrogen and oxygen atoms in total. The number of carboxylic acid groups (broad SMARTS) is 2. The number of hydrogen-bond donors (Lipinski definition) is 2. The van der Waals surface area contributed by atoms with E-state index in [4.69, 9.17) is 10.2 Å². The molecule has 0 aromatic rings. The van der Waals surface area contributed by atoms with Crippen molar-refractivity contribution in [2.75, 3.05) is 0 Å². The molecule has 0 unspecified atom stereocenters. The second-order valence-corrected chi connectivity index (χ2v) is 6.27. The lowest BCUT2D eigenvalue weighted by atomic mass is 10.0. The van der Waals surface area contributed by atoms with Gasteiger partial charge in [0.25, 0.3) is 0 Å².